The van der Waals surface area contributed by atoms with Gasteiger partial charge in [-0.1, -0.05) is 32.8 Å². The summed E-state index contributed by atoms with van der Waals surface area (Å²) in [5, 5.41) is 2.16. The Bertz CT molecular complexity index is 372. The SMILES string of the molecule is CN(Cc1cccs1)C1(CN)CCCCC1(C)C. The topological polar surface area (TPSA) is 29.3 Å². The van der Waals surface area contributed by atoms with Crippen LogP contribution in [0.3, 0.4) is 0 Å². The second kappa shape index (κ2) is 5.32. The Balaban J connectivity index is 2.20. The van der Waals surface area contributed by atoms with E-state index in [4.69, 9.17) is 5.73 Å². The van der Waals surface area contributed by atoms with Crippen LogP contribution in [0.25, 0.3) is 0 Å². The molecule has 1 aromatic rings. The summed E-state index contributed by atoms with van der Waals surface area (Å²) in [6, 6.07) is 4.36. The maximum absolute atomic E-state index is 6.21. The number of rotatable bonds is 4. The van der Waals surface area contributed by atoms with Gasteiger partial charge in [0.1, 0.15) is 0 Å². The molecule has 1 heterocycles. The minimum Gasteiger partial charge on any atom is -0.329 e. The molecule has 1 fully saturated rings. The van der Waals surface area contributed by atoms with Gasteiger partial charge in [0, 0.05) is 23.5 Å². The summed E-state index contributed by atoms with van der Waals surface area (Å²) in [4.78, 5) is 3.95. The fraction of sp³-hybridized carbons (Fsp3) is 0.733. The van der Waals surface area contributed by atoms with Crippen LogP contribution >= 0.6 is 11.3 Å². The van der Waals surface area contributed by atoms with Gasteiger partial charge in [0.15, 0.2) is 0 Å². The third-order valence-electron chi connectivity index (χ3n) is 4.94. The average Bonchev–Trinajstić information content (AvgIpc) is 2.81. The lowest BCUT2D eigenvalue weighted by molar-refractivity contribution is -0.0329. The van der Waals surface area contributed by atoms with Crippen LogP contribution in [0.15, 0.2) is 17.5 Å². The van der Waals surface area contributed by atoms with Crippen molar-refractivity contribution in [3.8, 4) is 0 Å². The van der Waals surface area contributed by atoms with Crippen molar-refractivity contribution in [2.75, 3.05) is 13.6 Å². The molecule has 3 heteroatoms. The van der Waals surface area contributed by atoms with E-state index in [1.54, 1.807) is 0 Å². The Kier molecular flexibility index (Phi) is 4.15. The lowest BCUT2D eigenvalue weighted by atomic mass is 9.62. The van der Waals surface area contributed by atoms with Crippen LogP contribution in [0.2, 0.25) is 0 Å². The van der Waals surface area contributed by atoms with Gasteiger partial charge in [0.25, 0.3) is 0 Å². The van der Waals surface area contributed by atoms with Crippen molar-refractivity contribution in [3.63, 3.8) is 0 Å². The molecule has 0 aromatic carbocycles. The van der Waals surface area contributed by atoms with Gasteiger partial charge in [-0.3, -0.25) is 4.90 Å². The van der Waals surface area contributed by atoms with Gasteiger partial charge in [-0.15, -0.1) is 11.3 Å². The number of nitrogens with two attached hydrogens (primary N) is 1. The normalized spacial score (nSPS) is 27.6. The molecule has 102 valence electrons. The molecule has 1 aromatic heterocycles. The van der Waals surface area contributed by atoms with Crippen molar-refractivity contribution in [2.24, 2.45) is 11.1 Å². The molecule has 1 saturated carbocycles. The molecular formula is C15H26N2S. The fourth-order valence-electron chi connectivity index (χ4n) is 3.58. The maximum atomic E-state index is 6.21. The Hall–Kier alpha value is -0.380. The second-order valence-corrected chi connectivity index (χ2v) is 7.29. The fourth-order valence-corrected chi connectivity index (χ4v) is 4.34. The van der Waals surface area contributed by atoms with Crippen molar-refractivity contribution < 1.29 is 0 Å². The van der Waals surface area contributed by atoms with E-state index in [1.165, 1.54) is 30.6 Å². The monoisotopic (exact) mass is 266 g/mol. The highest BCUT2D eigenvalue weighted by Gasteiger charge is 2.48. The van der Waals surface area contributed by atoms with Crippen LogP contribution in [0, 0.1) is 5.41 Å². The van der Waals surface area contributed by atoms with Crippen molar-refractivity contribution in [3.05, 3.63) is 22.4 Å². The smallest absolute Gasteiger partial charge is 0.0383 e. The van der Waals surface area contributed by atoms with Gasteiger partial charge in [0.2, 0.25) is 0 Å². The first-order valence-corrected chi connectivity index (χ1v) is 7.83. The zero-order valence-corrected chi connectivity index (χ0v) is 12.7. The lowest BCUT2D eigenvalue weighted by Gasteiger charge is -2.55. The molecule has 2 rings (SSSR count). The standard InChI is InChI=1S/C15H26N2S/c1-14(2)8-4-5-9-15(14,12-16)17(3)11-13-7-6-10-18-13/h6-7,10H,4-5,8-9,11-12,16H2,1-3H3. The quantitative estimate of drug-likeness (QED) is 0.904. The summed E-state index contributed by atoms with van der Waals surface area (Å²) < 4.78 is 0. The van der Waals surface area contributed by atoms with Gasteiger partial charge >= 0.3 is 0 Å². The largest absolute Gasteiger partial charge is 0.329 e. The van der Waals surface area contributed by atoms with Gasteiger partial charge in [-0.2, -0.15) is 0 Å². The number of hydrogen-bond acceptors (Lipinski definition) is 3. The highest BCUT2D eigenvalue weighted by atomic mass is 32.1. The summed E-state index contributed by atoms with van der Waals surface area (Å²) >= 11 is 1.84. The predicted molar refractivity (Wildman–Crippen MR) is 79.8 cm³/mol. The van der Waals surface area contributed by atoms with Crippen LogP contribution in [-0.4, -0.2) is 24.0 Å². The van der Waals surface area contributed by atoms with Crippen LogP contribution in [0.4, 0.5) is 0 Å². The van der Waals surface area contributed by atoms with E-state index in [0.29, 0.717) is 5.41 Å². The van der Waals surface area contributed by atoms with Crippen LogP contribution in [0.1, 0.15) is 44.4 Å². The highest BCUT2D eigenvalue weighted by molar-refractivity contribution is 7.09. The maximum Gasteiger partial charge on any atom is 0.0383 e. The van der Waals surface area contributed by atoms with E-state index in [-0.39, 0.29) is 5.54 Å². The van der Waals surface area contributed by atoms with Crippen molar-refractivity contribution in [1.82, 2.24) is 4.90 Å². The highest BCUT2D eigenvalue weighted by Crippen LogP contribution is 2.47. The van der Waals surface area contributed by atoms with Gasteiger partial charge < -0.3 is 5.73 Å². The molecule has 0 radical (unpaired) electrons. The molecule has 0 aliphatic heterocycles. The summed E-state index contributed by atoms with van der Waals surface area (Å²) in [6.45, 7) is 6.58. The molecule has 2 N–H and O–H groups in total. The van der Waals surface area contributed by atoms with Gasteiger partial charge in [0.05, 0.1) is 0 Å². The molecule has 1 atom stereocenters. The Morgan fingerprint density at radius 1 is 1.33 bits per heavy atom. The number of hydrogen-bond donors (Lipinski definition) is 1. The summed E-state index contributed by atoms with van der Waals surface area (Å²) in [5.41, 5.74) is 6.68. The summed E-state index contributed by atoms with van der Waals surface area (Å²) in [7, 11) is 2.25. The first-order valence-electron chi connectivity index (χ1n) is 6.95. The number of nitrogens with zero attached hydrogens (tertiary/aromatic N) is 1. The van der Waals surface area contributed by atoms with Crippen LogP contribution in [0.5, 0.6) is 0 Å². The molecule has 1 aliphatic carbocycles. The molecular weight excluding hydrogens is 240 g/mol. The Labute approximate surface area is 115 Å². The molecule has 0 spiro atoms. The molecule has 1 aliphatic rings. The molecule has 2 nitrogen and oxygen atoms in total. The van der Waals surface area contributed by atoms with E-state index in [2.05, 4.69) is 43.3 Å². The van der Waals surface area contributed by atoms with Gasteiger partial charge in [-0.25, -0.2) is 0 Å². The van der Waals surface area contributed by atoms with E-state index in [1.807, 2.05) is 11.3 Å². The van der Waals surface area contributed by atoms with Crippen LogP contribution < -0.4 is 5.73 Å². The lowest BCUT2D eigenvalue weighted by Crippen LogP contribution is -2.62. The summed E-state index contributed by atoms with van der Waals surface area (Å²) in [5.74, 6) is 0. The molecule has 0 bridgehead atoms. The first-order chi connectivity index (χ1) is 8.52. The molecule has 18 heavy (non-hydrogen) atoms. The van der Waals surface area contributed by atoms with Crippen LogP contribution in [-0.2, 0) is 6.54 Å². The average molecular weight is 266 g/mol. The first kappa shape index (κ1) is 14.0. The van der Waals surface area contributed by atoms with Crippen molar-refractivity contribution in [2.45, 2.75) is 51.6 Å². The number of likely N-dealkylation sites (N-methyl/N-ethyl adjacent to an activating group) is 1. The molecule has 0 amide bonds. The van der Waals surface area contributed by atoms with E-state index in [9.17, 15) is 0 Å². The molecule has 1 unspecified atom stereocenters. The van der Waals surface area contributed by atoms with Crippen molar-refractivity contribution in [1.29, 1.82) is 0 Å². The Morgan fingerprint density at radius 2 is 2.06 bits per heavy atom. The minimum absolute atomic E-state index is 0.162. The minimum atomic E-state index is 0.162. The zero-order chi connectivity index (χ0) is 13.2. The second-order valence-electron chi connectivity index (χ2n) is 6.26. The zero-order valence-electron chi connectivity index (χ0n) is 11.9. The van der Waals surface area contributed by atoms with E-state index < -0.39 is 0 Å². The number of thiophene rings is 1. The van der Waals surface area contributed by atoms with E-state index in [0.717, 1.165) is 13.1 Å². The third-order valence-corrected chi connectivity index (χ3v) is 5.80. The molecule has 0 saturated heterocycles. The van der Waals surface area contributed by atoms with Gasteiger partial charge in [-0.05, 0) is 36.8 Å². The predicted octanol–water partition coefficient (Wildman–Crippen LogP) is 3.48. The third kappa shape index (κ3) is 2.36. The summed E-state index contributed by atoms with van der Waals surface area (Å²) in [6.07, 6.45) is 5.19. The Morgan fingerprint density at radius 3 is 2.61 bits per heavy atom. The van der Waals surface area contributed by atoms with E-state index >= 15 is 0 Å². The van der Waals surface area contributed by atoms with Crippen molar-refractivity contribution >= 4 is 11.3 Å².